The van der Waals surface area contributed by atoms with Crippen molar-refractivity contribution < 1.29 is 16.8 Å². The average Bonchev–Trinajstić information content (AvgIpc) is 2.65. The fraction of sp³-hybridized carbons (Fsp3) is 1.00. The maximum absolute atomic E-state index is 11.5. The van der Waals surface area contributed by atoms with Crippen molar-refractivity contribution >= 4 is 19.7 Å². The lowest BCUT2D eigenvalue weighted by Gasteiger charge is -2.22. The van der Waals surface area contributed by atoms with Crippen LogP contribution in [0, 0.1) is 11.8 Å². The summed E-state index contributed by atoms with van der Waals surface area (Å²) in [5.41, 5.74) is 0. The SMILES string of the molecule is CCS(=O)(=O)CCC(CNC)C1CCS(=O)(=O)C1. The summed E-state index contributed by atoms with van der Waals surface area (Å²) in [6, 6.07) is 0. The zero-order valence-electron chi connectivity index (χ0n) is 11.1. The van der Waals surface area contributed by atoms with E-state index in [9.17, 15) is 16.8 Å². The molecule has 0 aromatic heterocycles. The molecule has 18 heavy (non-hydrogen) atoms. The highest BCUT2D eigenvalue weighted by Gasteiger charge is 2.33. The third-order valence-corrected chi connectivity index (χ3v) is 7.17. The van der Waals surface area contributed by atoms with Crippen LogP contribution >= 0.6 is 0 Å². The third-order valence-electron chi connectivity index (χ3n) is 3.64. The summed E-state index contributed by atoms with van der Waals surface area (Å²) < 4.78 is 46.0. The lowest BCUT2D eigenvalue weighted by atomic mass is 9.89. The molecule has 1 aliphatic rings. The fourth-order valence-electron chi connectivity index (χ4n) is 2.44. The minimum absolute atomic E-state index is 0.106. The van der Waals surface area contributed by atoms with Crippen molar-refractivity contribution in [2.45, 2.75) is 19.8 Å². The van der Waals surface area contributed by atoms with Crippen LogP contribution in [0.1, 0.15) is 19.8 Å². The molecule has 0 aromatic rings. The Morgan fingerprint density at radius 1 is 1.39 bits per heavy atom. The van der Waals surface area contributed by atoms with Crippen molar-refractivity contribution in [3.63, 3.8) is 0 Å². The molecule has 0 amide bonds. The van der Waals surface area contributed by atoms with Gasteiger partial charge in [-0.1, -0.05) is 6.92 Å². The van der Waals surface area contributed by atoms with E-state index in [-0.39, 0.29) is 34.8 Å². The smallest absolute Gasteiger partial charge is 0.150 e. The van der Waals surface area contributed by atoms with E-state index in [4.69, 9.17) is 0 Å². The predicted molar refractivity (Wildman–Crippen MR) is 73.1 cm³/mol. The van der Waals surface area contributed by atoms with Crippen LogP contribution in [-0.2, 0) is 19.7 Å². The van der Waals surface area contributed by atoms with E-state index in [1.165, 1.54) is 0 Å². The van der Waals surface area contributed by atoms with Crippen molar-refractivity contribution in [2.24, 2.45) is 11.8 Å². The summed E-state index contributed by atoms with van der Waals surface area (Å²) in [4.78, 5) is 0. The summed E-state index contributed by atoms with van der Waals surface area (Å²) in [7, 11) is -4.05. The van der Waals surface area contributed by atoms with E-state index in [1.54, 1.807) is 6.92 Å². The molecule has 1 N–H and O–H groups in total. The topological polar surface area (TPSA) is 80.3 Å². The molecule has 0 spiro atoms. The van der Waals surface area contributed by atoms with Crippen LogP contribution in [0.25, 0.3) is 0 Å². The number of hydrogen-bond donors (Lipinski definition) is 1. The first-order chi connectivity index (χ1) is 8.29. The van der Waals surface area contributed by atoms with Crippen molar-refractivity contribution in [3.05, 3.63) is 0 Å². The van der Waals surface area contributed by atoms with Gasteiger partial charge in [-0.2, -0.15) is 0 Å². The van der Waals surface area contributed by atoms with Gasteiger partial charge in [-0.15, -0.1) is 0 Å². The van der Waals surface area contributed by atoms with Gasteiger partial charge in [0.2, 0.25) is 0 Å². The Morgan fingerprint density at radius 2 is 2.06 bits per heavy atom. The van der Waals surface area contributed by atoms with Crippen molar-refractivity contribution in [1.82, 2.24) is 5.32 Å². The molecule has 108 valence electrons. The van der Waals surface area contributed by atoms with E-state index in [0.29, 0.717) is 19.4 Å². The minimum Gasteiger partial charge on any atom is -0.319 e. The highest BCUT2D eigenvalue weighted by molar-refractivity contribution is 7.91. The molecule has 0 aromatic carbocycles. The first-order valence-corrected chi connectivity index (χ1v) is 9.99. The second-order valence-corrected chi connectivity index (χ2v) is 9.71. The van der Waals surface area contributed by atoms with E-state index in [1.807, 2.05) is 7.05 Å². The Hall–Kier alpha value is -0.140. The first-order valence-electron chi connectivity index (χ1n) is 6.35. The fourth-order valence-corrected chi connectivity index (χ4v) is 5.31. The molecule has 7 heteroatoms. The van der Waals surface area contributed by atoms with Gasteiger partial charge >= 0.3 is 0 Å². The van der Waals surface area contributed by atoms with Crippen LogP contribution in [0.2, 0.25) is 0 Å². The maximum Gasteiger partial charge on any atom is 0.150 e. The molecule has 2 unspecified atom stereocenters. The Morgan fingerprint density at radius 3 is 2.50 bits per heavy atom. The Kier molecular flexibility index (Phi) is 5.61. The van der Waals surface area contributed by atoms with E-state index >= 15 is 0 Å². The molecule has 0 bridgehead atoms. The standard InChI is InChI=1S/C11H23NO4S2/c1-3-17(13,14)6-4-10(8-12-2)11-5-7-18(15,16)9-11/h10-12H,3-9H2,1-2H3. The number of nitrogens with one attached hydrogen (secondary N) is 1. The Balaban J connectivity index is 2.61. The summed E-state index contributed by atoms with van der Waals surface area (Å²) in [5, 5.41) is 3.04. The van der Waals surface area contributed by atoms with Gasteiger partial charge in [-0.05, 0) is 38.3 Å². The second kappa shape index (κ2) is 6.34. The van der Waals surface area contributed by atoms with Gasteiger partial charge in [-0.3, -0.25) is 0 Å². The number of hydrogen-bond acceptors (Lipinski definition) is 5. The van der Waals surface area contributed by atoms with Gasteiger partial charge in [0.1, 0.15) is 9.84 Å². The molecule has 1 fully saturated rings. The summed E-state index contributed by atoms with van der Waals surface area (Å²) in [6.07, 6.45) is 1.22. The minimum atomic E-state index is -2.97. The van der Waals surface area contributed by atoms with Crippen LogP contribution in [0.15, 0.2) is 0 Å². The molecule has 1 rings (SSSR count). The van der Waals surface area contributed by atoms with Gasteiger partial charge in [-0.25, -0.2) is 16.8 Å². The van der Waals surface area contributed by atoms with Crippen LogP contribution in [0.4, 0.5) is 0 Å². The van der Waals surface area contributed by atoms with Gasteiger partial charge in [0.05, 0.1) is 17.3 Å². The third kappa shape index (κ3) is 4.85. The highest BCUT2D eigenvalue weighted by Crippen LogP contribution is 2.28. The van der Waals surface area contributed by atoms with Crippen molar-refractivity contribution in [1.29, 1.82) is 0 Å². The normalized spacial score (nSPS) is 25.1. The molecule has 0 saturated carbocycles. The van der Waals surface area contributed by atoms with E-state index in [0.717, 1.165) is 0 Å². The van der Waals surface area contributed by atoms with E-state index in [2.05, 4.69) is 5.32 Å². The molecule has 0 aliphatic carbocycles. The summed E-state index contributed by atoms with van der Waals surface area (Å²) in [5.74, 6) is 1.02. The molecule has 0 radical (unpaired) electrons. The first kappa shape index (κ1) is 15.9. The summed E-state index contributed by atoms with van der Waals surface area (Å²) >= 11 is 0. The highest BCUT2D eigenvalue weighted by atomic mass is 32.2. The van der Waals surface area contributed by atoms with Crippen molar-refractivity contribution in [3.8, 4) is 0 Å². The second-order valence-electron chi connectivity index (χ2n) is 5.01. The van der Waals surface area contributed by atoms with Crippen molar-refractivity contribution in [2.75, 3.05) is 36.6 Å². The molecule has 1 heterocycles. The van der Waals surface area contributed by atoms with Gasteiger partial charge < -0.3 is 5.32 Å². The lowest BCUT2D eigenvalue weighted by molar-refractivity contribution is 0.344. The lowest BCUT2D eigenvalue weighted by Crippen LogP contribution is -2.29. The molecule has 1 aliphatic heterocycles. The molecule has 2 atom stereocenters. The zero-order valence-corrected chi connectivity index (χ0v) is 12.7. The van der Waals surface area contributed by atoms with Crippen LogP contribution < -0.4 is 5.32 Å². The van der Waals surface area contributed by atoms with Gasteiger partial charge in [0.15, 0.2) is 9.84 Å². The largest absolute Gasteiger partial charge is 0.319 e. The van der Waals surface area contributed by atoms with E-state index < -0.39 is 19.7 Å². The number of rotatable bonds is 7. The monoisotopic (exact) mass is 297 g/mol. The maximum atomic E-state index is 11.5. The predicted octanol–water partition coefficient (Wildman–Crippen LogP) is 0.0815. The van der Waals surface area contributed by atoms with Crippen LogP contribution in [-0.4, -0.2) is 53.4 Å². The van der Waals surface area contributed by atoms with Gasteiger partial charge in [0.25, 0.3) is 0 Å². The molecular formula is C11H23NO4S2. The van der Waals surface area contributed by atoms with Gasteiger partial charge in [0, 0.05) is 5.75 Å². The zero-order chi connectivity index (χ0) is 13.8. The molecule has 1 saturated heterocycles. The Bertz CT molecular complexity index is 455. The molecular weight excluding hydrogens is 274 g/mol. The summed E-state index contributed by atoms with van der Waals surface area (Å²) in [6.45, 7) is 2.32. The molecule has 5 nitrogen and oxygen atoms in total. The average molecular weight is 297 g/mol. The van der Waals surface area contributed by atoms with Crippen LogP contribution in [0.3, 0.4) is 0 Å². The quantitative estimate of drug-likeness (QED) is 0.720. The number of sulfone groups is 2. The van der Waals surface area contributed by atoms with Crippen LogP contribution in [0.5, 0.6) is 0 Å². The Labute approximate surface area is 110 Å².